The number of imide groups is 1. The Hall–Kier alpha value is -0.900. The Balaban J connectivity index is 2.44. The molecule has 2 saturated heterocycles. The van der Waals surface area contributed by atoms with Crippen LogP contribution in [0.2, 0.25) is 0 Å². The Bertz CT molecular complexity index is 620. The zero-order chi connectivity index (χ0) is 21.9. The van der Waals surface area contributed by atoms with Gasteiger partial charge in [0.1, 0.15) is 0 Å². The number of hydrogen-bond donors (Lipinski definition) is 1. The third kappa shape index (κ3) is 4.32. The number of rotatable bonds is 3. The SMILES string of the molecule is CC(C)(C)CCC1C(=O)N(C2CC(C)(C)NC(C)(C)C2)C(=O)C1(C)C(C)(C)C. The quantitative estimate of drug-likeness (QED) is 0.675. The average Bonchev–Trinajstić information content (AvgIpc) is 2.60. The van der Waals surface area contributed by atoms with Crippen LogP contribution < -0.4 is 5.32 Å². The fourth-order valence-electron chi connectivity index (χ4n) is 5.54. The van der Waals surface area contributed by atoms with Crippen LogP contribution in [0.15, 0.2) is 0 Å². The van der Waals surface area contributed by atoms with Crippen molar-refractivity contribution < 1.29 is 9.59 Å². The Morgan fingerprint density at radius 2 is 1.39 bits per heavy atom. The summed E-state index contributed by atoms with van der Waals surface area (Å²) in [5.41, 5.74) is -0.985. The summed E-state index contributed by atoms with van der Waals surface area (Å²) >= 11 is 0. The molecule has 0 bridgehead atoms. The molecule has 2 atom stereocenters. The van der Waals surface area contributed by atoms with Crippen LogP contribution in [0.3, 0.4) is 0 Å². The summed E-state index contributed by atoms with van der Waals surface area (Å²) in [5, 5.41) is 3.67. The second-order valence-electron chi connectivity index (χ2n) is 13.1. The van der Waals surface area contributed by atoms with Gasteiger partial charge in [0.05, 0.1) is 11.3 Å². The molecule has 4 nitrogen and oxygen atoms in total. The molecule has 2 heterocycles. The van der Waals surface area contributed by atoms with Crippen molar-refractivity contribution in [3.63, 3.8) is 0 Å². The molecule has 2 amide bonds. The average molecular weight is 393 g/mol. The highest BCUT2D eigenvalue weighted by Crippen LogP contribution is 2.54. The lowest BCUT2D eigenvalue weighted by atomic mass is 9.60. The largest absolute Gasteiger partial charge is 0.307 e. The summed E-state index contributed by atoms with van der Waals surface area (Å²) in [4.78, 5) is 29.2. The smallest absolute Gasteiger partial charge is 0.236 e. The van der Waals surface area contributed by atoms with E-state index in [0.717, 1.165) is 25.7 Å². The molecule has 2 unspecified atom stereocenters. The fourth-order valence-corrected chi connectivity index (χ4v) is 5.54. The van der Waals surface area contributed by atoms with Crippen molar-refractivity contribution in [1.29, 1.82) is 0 Å². The van der Waals surface area contributed by atoms with E-state index in [2.05, 4.69) is 74.6 Å². The predicted molar refractivity (Wildman–Crippen MR) is 116 cm³/mol. The second kappa shape index (κ2) is 6.82. The molecule has 0 saturated carbocycles. The number of carbonyl (C=O) groups is 2. The predicted octanol–water partition coefficient (Wildman–Crippen LogP) is 5.16. The van der Waals surface area contributed by atoms with Gasteiger partial charge in [-0.05, 0) is 71.1 Å². The Kier molecular flexibility index (Phi) is 5.70. The van der Waals surface area contributed by atoms with Gasteiger partial charge in [0.2, 0.25) is 11.8 Å². The Labute approximate surface area is 173 Å². The minimum Gasteiger partial charge on any atom is -0.307 e. The van der Waals surface area contributed by atoms with Gasteiger partial charge in [-0.3, -0.25) is 14.5 Å². The summed E-state index contributed by atoms with van der Waals surface area (Å²) in [6.45, 7) is 23.7. The Morgan fingerprint density at radius 1 is 0.929 bits per heavy atom. The third-order valence-corrected chi connectivity index (χ3v) is 7.17. The number of nitrogens with one attached hydrogen (secondary N) is 1. The van der Waals surface area contributed by atoms with Gasteiger partial charge >= 0.3 is 0 Å². The first-order valence-electron chi connectivity index (χ1n) is 11.0. The van der Waals surface area contributed by atoms with E-state index in [1.807, 2.05) is 6.92 Å². The van der Waals surface area contributed by atoms with Gasteiger partial charge in [0.15, 0.2) is 0 Å². The lowest BCUT2D eigenvalue weighted by Gasteiger charge is -2.48. The van der Waals surface area contributed by atoms with Crippen molar-refractivity contribution in [3.05, 3.63) is 0 Å². The summed E-state index contributed by atoms with van der Waals surface area (Å²) in [7, 11) is 0. The molecule has 28 heavy (non-hydrogen) atoms. The van der Waals surface area contributed by atoms with Crippen molar-refractivity contribution in [3.8, 4) is 0 Å². The standard InChI is InChI=1S/C24H44N2O2/c1-20(2,3)13-12-17-18(27)26(19(28)24(17,11)21(4,5)6)16-14-22(7,8)25-23(9,10)15-16/h16-17,25H,12-15H2,1-11H3. The molecule has 0 spiro atoms. The maximum absolute atomic E-state index is 13.8. The van der Waals surface area contributed by atoms with E-state index in [4.69, 9.17) is 0 Å². The molecule has 1 N–H and O–H groups in total. The zero-order valence-corrected chi connectivity index (χ0v) is 20.2. The topological polar surface area (TPSA) is 49.4 Å². The van der Waals surface area contributed by atoms with Crippen LogP contribution in [0.1, 0.15) is 102 Å². The zero-order valence-electron chi connectivity index (χ0n) is 20.2. The minimum absolute atomic E-state index is 0.0347. The molecule has 2 aliphatic rings. The Morgan fingerprint density at radius 3 is 1.79 bits per heavy atom. The highest BCUT2D eigenvalue weighted by molar-refractivity contribution is 6.08. The van der Waals surface area contributed by atoms with Crippen molar-refractivity contribution >= 4 is 11.8 Å². The van der Waals surface area contributed by atoms with Gasteiger partial charge in [0, 0.05) is 17.1 Å². The minimum atomic E-state index is -0.658. The first kappa shape index (κ1) is 23.4. The van der Waals surface area contributed by atoms with E-state index >= 15 is 0 Å². The highest BCUT2D eigenvalue weighted by Gasteiger charge is 2.63. The van der Waals surface area contributed by atoms with E-state index in [0.29, 0.717) is 0 Å². The fraction of sp³-hybridized carbons (Fsp3) is 0.917. The molecule has 162 valence electrons. The molecule has 2 rings (SSSR count). The van der Waals surface area contributed by atoms with E-state index in [1.165, 1.54) is 0 Å². The van der Waals surface area contributed by atoms with E-state index in [-0.39, 0.29) is 45.7 Å². The van der Waals surface area contributed by atoms with Gasteiger partial charge in [-0.2, -0.15) is 0 Å². The van der Waals surface area contributed by atoms with Gasteiger partial charge in [-0.1, -0.05) is 41.5 Å². The summed E-state index contributed by atoms with van der Waals surface area (Å²) in [5.74, 6) is -0.132. The van der Waals surface area contributed by atoms with Crippen molar-refractivity contribution in [1.82, 2.24) is 10.2 Å². The van der Waals surface area contributed by atoms with Gasteiger partial charge in [-0.25, -0.2) is 0 Å². The lowest BCUT2D eigenvalue weighted by Crippen LogP contribution is -2.63. The maximum Gasteiger partial charge on any atom is 0.236 e. The van der Waals surface area contributed by atoms with Crippen LogP contribution in [0.25, 0.3) is 0 Å². The normalized spacial score (nSPS) is 31.5. The molecular formula is C24H44N2O2. The number of piperidine rings is 1. The van der Waals surface area contributed by atoms with E-state index in [1.54, 1.807) is 4.90 Å². The van der Waals surface area contributed by atoms with Crippen molar-refractivity contribution in [2.45, 2.75) is 119 Å². The van der Waals surface area contributed by atoms with Crippen LogP contribution in [-0.4, -0.2) is 33.8 Å². The van der Waals surface area contributed by atoms with Gasteiger partial charge in [-0.15, -0.1) is 0 Å². The molecular weight excluding hydrogens is 348 g/mol. The molecule has 0 aromatic carbocycles. The number of hydrogen-bond acceptors (Lipinski definition) is 3. The van der Waals surface area contributed by atoms with E-state index < -0.39 is 5.41 Å². The third-order valence-electron chi connectivity index (χ3n) is 7.17. The highest BCUT2D eigenvalue weighted by atomic mass is 16.2. The molecule has 0 aromatic heterocycles. The monoisotopic (exact) mass is 392 g/mol. The molecule has 2 aliphatic heterocycles. The molecule has 0 aliphatic carbocycles. The molecule has 4 heteroatoms. The van der Waals surface area contributed by atoms with Crippen LogP contribution >= 0.6 is 0 Å². The number of nitrogens with zero attached hydrogens (tertiary/aromatic N) is 1. The first-order valence-corrected chi connectivity index (χ1v) is 11.0. The van der Waals surface area contributed by atoms with Crippen molar-refractivity contribution in [2.24, 2.45) is 22.2 Å². The second-order valence-corrected chi connectivity index (χ2v) is 13.1. The number of amides is 2. The number of likely N-dealkylation sites (tertiary alicyclic amines) is 1. The van der Waals surface area contributed by atoms with Crippen LogP contribution in [-0.2, 0) is 9.59 Å². The number of carbonyl (C=O) groups excluding carboxylic acids is 2. The van der Waals surface area contributed by atoms with Crippen molar-refractivity contribution in [2.75, 3.05) is 0 Å². The first-order chi connectivity index (χ1) is 12.3. The van der Waals surface area contributed by atoms with Crippen LogP contribution in [0.4, 0.5) is 0 Å². The summed E-state index contributed by atoms with van der Waals surface area (Å²) in [6.07, 6.45) is 3.33. The summed E-state index contributed by atoms with van der Waals surface area (Å²) in [6, 6.07) is -0.0347. The maximum atomic E-state index is 13.8. The van der Waals surface area contributed by atoms with E-state index in [9.17, 15) is 9.59 Å². The van der Waals surface area contributed by atoms with Gasteiger partial charge in [0.25, 0.3) is 0 Å². The molecule has 2 fully saturated rings. The lowest BCUT2D eigenvalue weighted by molar-refractivity contribution is -0.148. The van der Waals surface area contributed by atoms with Gasteiger partial charge < -0.3 is 5.32 Å². The van der Waals surface area contributed by atoms with Crippen LogP contribution in [0.5, 0.6) is 0 Å². The molecule has 0 aromatic rings. The van der Waals surface area contributed by atoms with Crippen LogP contribution in [0, 0.1) is 22.2 Å². The summed E-state index contributed by atoms with van der Waals surface area (Å²) < 4.78 is 0. The molecule has 0 radical (unpaired) electrons.